The van der Waals surface area contributed by atoms with Gasteiger partial charge in [0.05, 0.1) is 24.4 Å². The fourth-order valence-electron chi connectivity index (χ4n) is 2.03. The van der Waals surface area contributed by atoms with Gasteiger partial charge in [-0.3, -0.25) is 19.6 Å². The molecule has 0 fully saturated rings. The lowest BCUT2D eigenvalue weighted by Crippen LogP contribution is -2.25. The lowest BCUT2D eigenvalue weighted by molar-refractivity contribution is -0.120. The molecule has 0 unspecified atom stereocenters. The van der Waals surface area contributed by atoms with Crippen molar-refractivity contribution in [3.63, 3.8) is 0 Å². The number of nitrogens with zero attached hydrogens (tertiary/aromatic N) is 3. The van der Waals surface area contributed by atoms with Gasteiger partial charge >= 0.3 is 0 Å². The lowest BCUT2D eigenvalue weighted by Gasteiger charge is -2.04. The van der Waals surface area contributed by atoms with Crippen molar-refractivity contribution in [2.45, 2.75) is 13.0 Å². The topological polar surface area (TPSA) is 102 Å². The summed E-state index contributed by atoms with van der Waals surface area (Å²) in [5.41, 5.74) is 1.49. The Balaban J connectivity index is 1.52. The molecule has 0 radical (unpaired) electrons. The summed E-state index contributed by atoms with van der Waals surface area (Å²) in [6, 6.07) is 5.03. The van der Waals surface area contributed by atoms with Crippen LogP contribution in [0.5, 0.6) is 0 Å². The number of amides is 2. The van der Waals surface area contributed by atoms with Gasteiger partial charge in [-0.2, -0.15) is 5.10 Å². The Kier molecular flexibility index (Phi) is 5.29. The zero-order valence-corrected chi connectivity index (χ0v) is 15.6. The summed E-state index contributed by atoms with van der Waals surface area (Å²) < 4.78 is 7.35. The molecule has 0 aliphatic carbocycles. The number of carbonyl (C=O) groups is 2. The van der Waals surface area contributed by atoms with Gasteiger partial charge in [0.1, 0.15) is 0 Å². The summed E-state index contributed by atoms with van der Waals surface area (Å²) >= 11 is 4.39. The second-order valence-electron chi connectivity index (χ2n) is 5.10. The monoisotopic (exact) mass is 423 g/mol. The Bertz CT molecular complexity index is 901. The van der Waals surface area contributed by atoms with Gasteiger partial charge in [0.15, 0.2) is 15.6 Å². The summed E-state index contributed by atoms with van der Waals surface area (Å²) in [4.78, 5) is 28.2. The zero-order chi connectivity index (χ0) is 17.8. The van der Waals surface area contributed by atoms with Gasteiger partial charge in [0, 0.05) is 18.6 Å². The van der Waals surface area contributed by atoms with Crippen molar-refractivity contribution >= 4 is 44.2 Å². The number of carbonyl (C=O) groups excluding carboxylic acids is 2. The maximum absolute atomic E-state index is 12.0. The molecule has 0 atom stereocenters. The van der Waals surface area contributed by atoms with Gasteiger partial charge in [0.2, 0.25) is 5.91 Å². The molecule has 0 aliphatic rings. The second kappa shape index (κ2) is 7.62. The van der Waals surface area contributed by atoms with E-state index in [1.165, 1.54) is 11.3 Å². The molecule has 0 aliphatic heterocycles. The van der Waals surface area contributed by atoms with Crippen LogP contribution in [0.2, 0.25) is 0 Å². The molecule has 3 rings (SSSR count). The van der Waals surface area contributed by atoms with Crippen molar-refractivity contribution in [3.05, 3.63) is 51.6 Å². The van der Waals surface area contributed by atoms with E-state index in [9.17, 15) is 9.59 Å². The summed E-state index contributed by atoms with van der Waals surface area (Å²) in [7, 11) is 1.81. The summed E-state index contributed by atoms with van der Waals surface area (Å²) in [5.74, 6) is -0.371. The van der Waals surface area contributed by atoms with Crippen LogP contribution in [-0.2, 0) is 24.8 Å². The highest BCUT2D eigenvalue weighted by Gasteiger charge is 2.14. The molecule has 25 heavy (non-hydrogen) atoms. The number of rotatable bonds is 6. The number of aryl methyl sites for hydroxylation is 1. The largest absolute Gasteiger partial charge is 0.444 e. The van der Waals surface area contributed by atoms with E-state index >= 15 is 0 Å². The Morgan fingerprint density at radius 1 is 1.36 bits per heavy atom. The zero-order valence-electron chi connectivity index (χ0n) is 13.2. The number of hydrogen-bond donors (Lipinski definition) is 2. The average molecular weight is 424 g/mol. The van der Waals surface area contributed by atoms with E-state index in [4.69, 9.17) is 4.42 Å². The van der Waals surface area contributed by atoms with E-state index in [0.717, 1.165) is 5.69 Å². The van der Waals surface area contributed by atoms with Crippen molar-refractivity contribution in [3.8, 4) is 0 Å². The molecule has 3 aromatic heterocycles. The standard InChI is InChI=1S/C15H14BrN5O3S/c1-21-10(4-5-18-21)7-17-13(22)6-9-8-25-15(19-9)20-14(23)11-2-3-12(16)24-11/h2-5,8H,6-7H2,1H3,(H,17,22)(H,19,20,23). The number of anilines is 1. The van der Waals surface area contributed by atoms with Crippen LogP contribution in [0.15, 0.2) is 38.9 Å². The summed E-state index contributed by atoms with van der Waals surface area (Å²) in [5, 5.41) is 11.6. The number of aromatic nitrogens is 3. The van der Waals surface area contributed by atoms with Crippen molar-refractivity contribution in [2.24, 2.45) is 7.05 Å². The first-order chi connectivity index (χ1) is 12.0. The number of furan rings is 1. The smallest absolute Gasteiger partial charge is 0.293 e. The minimum absolute atomic E-state index is 0.135. The first-order valence-corrected chi connectivity index (χ1v) is 8.93. The van der Waals surface area contributed by atoms with Gasteiger partial charge < -0.3 is 9.73 Å². The highest BCUT2D eigenvalue weighted by atomic mass is 79.9. The third-order valence-electron chi connectivity index (χ3n) is 3.30. The van der Waals surface area contributed by atoms with E-state index in [1.807, 2.05) is 13.1 Å². The van der Waals surface area contributed by atoms with Crippen molar-refractivity contribution in [1.82, 2.24) is 20.1 Å². The van der Waals surface area contributed by atoms with Crippen LogP contribution in [0, 0.1) is 0 Å². The molecule has 0 spiro atoms. The van der Waals surface area contributed by atoms with Crippen LogP contribution in [0.4, 0.5) is 5.13 Å². The van der Waals surface area contributed by atoms with Crippen molar-refractivity contribution < 1.29 is 14.0 Å². The fourth-order valence-corrected chi connectivity index (χ4v) is 3.04. The van der Waals surface area contributed by atoms with Crippen LogP contribution in [0.25, 0.3) is 0 Å². The predicted molar refractivity (Wildman–Crippen MR) is 95.2 cm³/mol. The molecule has 2 amide bonds. The van der Waals surface area contributed by atoms with Gasteiger partial charge in [-0.1, -0.05) is 0 Å². The Hall–Kier alpha value is -2.46. The average Bonchev–Trinajstić information content (AvgIpc) is 3.28. The highest BCUT2D eigenvalue weighted by Crippen LogP contribution is 2.19. The molecule has 0 saturated heterocycles. The Morgan fingerprint density at radius 2 is 2.20 bits per heavy atom. The van der Waals surface area contributed by atoms with Gasteiger partial charge in [-0.15, -0.1) is 11.3 Å². The molecule has 0 bridgehead atoms. The van der Waals surface area contributed by atoms with E-state index in [1.54, 1.807) is 28.4 Å². The minimum atomic E-state index is -0.396. The molecule has 8 nitrogen and oxygen atoms in total. The molecular weight excluding hydrogens is 410 g/mol. The van der Waals surface area contributed by atoms with E-state index in [0.29, 0.717) is 22.0 Å². The van der Waals surface area contributed by atoms with Gasteiger partial charge in [0.25, 0.3) is 5.91 Å². The molecule has 2 N–H and O–H groups in total. The summed E-state index contributed by atoms with van der Waals surface area (Å²) in [6.07, 6.45) is 1.81. The molecule has 3 aromatic rings. The predicted octanol–water partition coefficient (Wildman–Crippen LogP) is 2.34. The van der Waals surface area contributed by atoms with Crippen molar-refractivity contribution in [1.29, 1.82) is 0 Å². The number of hydrogen-bond acceptors (Lipinski definition) is 6. The normalized spacial score (nSPS) is 10.6. The van der Waals surface area contributed by atoms with Crippen LogP contribution in [0.3, 0.4) is 0 Å². The van der Waals surface area contributed by atoms with Crippen LogP contribution >= 0.6 is 27.3 Å². The molecule has 130 valence electrons. The molecule has 0 aromatic carbocycles. The van der Waals surface area contributed by atoms with Crippen LogP contribution in [-0.4, -0.2) is 26.6 Å². The maximum Gasteiger partial charge on any atom is 0.293 e. The van der Waals surface area contributed by atoms with Crippen molar-refractivity contribution in [2.75, 3.05) is 5.32 Å². The van der Waals surface area contributed by atoms with E-state index < -0.39 is 5.91 Å². The molecule has 3 heterocycles. The lowest BCUT2D eigenvalue weighted by atomic mass is 10.3. The molecular formula is C15H14BrN5O3S. The number of halogens is 1. The van der Waals surface area contributed by atoms with Crippen LogP contribution in [0.1, 0.15) is 21.9 Å². The van der Waals surface area contributed by atoms with Gasteiger partial charge in [-0.25, -0.2) is 4.98 Å². The summed E-state index contributed by atoms with van der Waals surface area (Å²) in [6.45, 7) is 0.399. The van der Waals surface area contributed by atoms with E-state index in [-0.39, 0.29) is 18.1 Å². The third-order valence-corrected chi connectivity index (χ3v) is 4.53. The Morgan fingerprint density at radius 3 is 2.88 bits per heavy atom. The molecule has 10 heteroatoms. The highest BCUT2D eigenvalue weighted by molar-refractivity contribution is 9.10. The number of nitrogens with one attached hydrogen (secondary N) is 2. The minimum Gasteiger partial charge on any atom is -0.444 e. The second-order valence-corrected chi connectivity index (χ2v) is 6.74. The van der Waals surface area contributed by atoms with E-state index in [2.05, 4.69) is 36.6 Å². The first kappa shape index (κ1) is 17.4. The van der Waals surface area contributed by atoms with Gasteiger partial charge in [-0.05, 0) is 34.1 Å². The fraction of sp³-hybridized carbons (Fsp3) is 0.200. The quantitative estimate of drug-likeness (QED) is 0.633. The molecule has 0 saturated carbocycles. The maximum atomic E-state index is 12.0. The van der Waals surface area contributed by atoms with Crippen LogP contribution < -0.4 is 10.6 Å². The number of thiazole rings is 1. The third kappa shape index (κ3) is 4.54. The Labute approximate surface area is 155 Å². The first-order valence-electron chi connectivity index (χ1n) is 7.26. The SMILES string of the molecule is Cn1nccc1CNC(=O)Cc1csc(NC(=O)c2ccc(Br)o2)n1.